The minimum atomic E-state index is -1.11. The Hall–Kier alpha value is -4.19. The number of aromatic nitrogens is 1. The number of aromatic amines is 1. The first-order valence-corrected chi connectivity index (χ1v) is 9.77. The second-order valence-electron chi connectivity index (χ2n) is 7.07. The summed E-state index contributed by atoms with van der Waals surface area (Å²) in [7, 11) is 0. The lowest BCUT2D eigenvalue weighted by molar-refractivity contribution is -0.114. The molecule has 0 spiro atoms. The van der Waals surface area contributed by atoms with Gasteiger partial charge in [-0.2, -0.15) is 0 Å². The molecule has 31 heavy (non-hydrogen) atoms. The molecule has 1 atom stereocenters. The predicted molar refractivity (Wildman–Crippen MR) is 118 cm³/mol. The van der Waals surface area contributed by atoms with Gasteiger partial charge >= 0.3 is 5.97 Å². The number of esters is 1. The number of hydrogen-bond donors (Lipinski definition) is 2. The van der Waals surface area contributed by atoms with Gasteiger partial charge in [-0.05, 0) is 24.3 Å². The number of carbonyl (C=O) groups is 3. The van der Waals surface area contributed by atoms with Crippen molar-refractivity contribution in [2.24, 2.45) is 0 Å². The van der Waals surface area contributed by atoms with E-state index in [9.17, 15) is 14.4 Å². The second-order valence-corrected chi connectivity index (χ2v) is 7.07. The number of anilines is 1. The van der Waals surface area contributed by atoms with Crippen LogP contribution in [-0.4, -0.2) is 22.6 Å². The molecule has 0 aliphatic heterocycles. The van der Waals surface area contributed by atoms with Crippen molar-refractivity contribution >= 4 is 34.3 Å². The Morgan fingerprint density at radius 1 is 0.903 bits per heavy atom. The average molecular weight is 412 g/mol. The Kier molecular flexibility index (Phi) is 5.62. The molecular formula is C25H20N2O4. The number of para-hydroxylation sites is 1. The first-order valence-electron chi connectivity index (χ1n) is 9.77. The first kappa shape index (κ1) is 20.1. The first-order chi connectivity index (χ1) is 15.0. The monoisotopic (exact) mass is 412 g/mol. The minimum absolute atomic E-state index is 0.235. The number of fused-ring (bicyclic) bond motifs is 1. The maximum Gasteiger partial charge on any atom is 0.339 e. The lowest BCUT2D eigenvalue weighted by Gasteiger charge is -2.17. The Labute approximate surface area is 178 Å². The third-order valence-electron chi connectivity index (χ3n) is 4.84. The topological polar surface area (TPSA) is 88.3 Å². The van der Waals surface area contributed by atoms with E-state index < -0.39 is 12.1 Å². The standard InChI is InChI=1S/C25H20N2O4/c1-16(28)27-19-11-7-10-18(14-19)25(30)31-24(17-8-3-2-4-9-17)23(29)21-15-26-22-13-6-5-12-20(21)22/h2-15,24,26H,1H3,(H,27,28). The molecule has 1 heterocycles. The molecule has 6 heteroatoms. The SMILES string of the molecule is CC(=O)Nc1cccc(C(=O)OC(C(=O)c2c[nH]c3ccccc23)c2ccccc2)c1. The lowest BCUT2D eigenvalue weighted by atomic mass is 9.99. The molecule has 154 valence electrons. The molecule has 3 aromatic carbocycles. The van der Waals surface area contributed by atoms with Crippen LogP contribution in [0.1, 0.15) is 39.3 Å². The van der Waals surface area contributed by atoms with E-state index in [1.807, 2.05) is 30.3 Å². The number of hydrogen-bond acceptors (Lipinski definition) is 4. The Morgan fingerprint density at radius 3 is 2.42 bits per heavy atom. The van der Waals surface area contributed by atoms with Gasteiger partial charge in [0.05, 0.1) is 5.56 Å². The van der Waals surface area contributed by atoms with Crippen LogP contribution in [0.25, 0.3) is 10.9 Å². The molecule has 1 unspecified atom stereocenters. The molecule has 4 aromatic rings. The molecule has 0 bridgehead atoms. The number of H-pyrrole nitrogens is 1. The number of carbonyl (C=O) groups excluding carboxylic acids is 3. The molecule has 1 aromatic heterocycles. The Bertz CT molecular complexity index is 1260. The van der Waals surface area contributed by atoms with Crippen LogP contribution in [0.5, 0.6) is 0 Å². The summed E-state index contributed by atoms with van der Waals surface area (Å²) in [5, 5.41) is 3.39. The molecule has 0 fully saturated rings. The smallest absolute Gasteiger partial charge is 0.339 e. The Morgan fingerprint density at radius 2 is 1.65 bits per heavy atom. The van der Waals surface area contributed by atoms with Gasteiger partial charge in [0.25, 0.3) is 0 Å². The fourth-order valence-corrected chi connectivity index (χ4v) is 3.42. The van der Waals surface area contributed by atoms with Gasteiger partial charge in [-0.3, -0.25) is 9.59 Å². The van der Waals surface area contributed by atoms with E-state index in [2.05, 4.69) is 10.3 Å². The summed E-state index contributed by atoms with van der Waals surface area (Å²) in [6, 6.07) is 22.8. The minimum Gasteiger partial charge on any atom is -0.445 e. The van der Waals surface area contributed by atoms with Crippen LogP contribution >= 0.6 is 0 Å². The number of amides is 1. The van der Waals surface area contributed by atoms with Crippen molar-refractivity contribution in [3.63, 3.8) is 0 Å². The second kappa shape index (κ2) is 8.67. The van der Waals surface area contributed by atoms with E-state index in [0.29, 0.717) is 16.8 Å². The van der Waals surface area contributed by atoms with Gasteiger partial charge in [-0.25, -0.2) is 4.79 Å². The highest BCUT2D eigenvalue weighted by molar-refractivity contribution is 6.11. The van der Waals surface area contributed by atoms with Crippen molar-refractivity contribution in [3.8, 4) is 0 Å². The quantitative estimate of drug-likeness (QED) is 0.348. The van der Waals surface area contributed by atoms with Gasteiger partial charge in [-0.15, -0.1) is 0 Å². The summed E-state index contributed by atoms with van der Waals surface area (Å²) < 4.78 is 5.70. The number of benzene rings is 3. The highest BCUT2D eigenvalue weighted by Crippen LogP contribution is 2.28. The van der Waals surface area contributed by atoms with Gasteiger partial charge in [0, 0.05) is 40.8 Å². The van der Waals surface area contributed by atoms with E-state index in [1.165, 1.54) is 13.0 Å². The number of rotatable bonds is 6. The Balaban J connectivity index is 1.67. The molecule has 4 rings (SSSR count). The van der Waals surface area contributed by atoms with Crippen LogP contribution in [-0.2, 0) is 9.53 Å². The van der Waals surface area contributed by atoms with Crippen LogP contribution in [0.15, 0.2) is 85.1 Å². The van der Waals surface area contributed by atoms with E-state index >= 15 is 0 Å². The number of ether oxygens (including phenoxy) is 1. The third-order valence-corrected chi connectivity index (χ3v) is 4.84. The molecule has 0 aliphatic rings. The molecule has 6 nitrogen and oxygen atoms in total. The van der Waals surface area contributed by atoms with Gasteiger partial charge in [0.15, 0.2) is 6.10 Å². The predicted octanol–water partition coefficient (Wildman–Crippen LogP) is 4.91. The van der Waals surface area contributed by atoms with E-state index in [4.69, 9.17) is 4.74 Å². The zero-order valence-corrected chi connectivity index (χ0v) is 16.8. The maximum atomic E-state index is 13.4. The van der Waals surface area contributed by atoms with Crippen LogP contribution < -0.4 is 5.32 Å². The van der Waals surface area contributed by atoms with Crippen molar-refractivity contribution in [1.82, 2.24) is 4.98 Å². The average Bonchev–Trinajstić information content (AvgIpc) is 3.21. The van der Waals surface area contributed by atoms with Gasteiger partial charge in [0.2, 0.25) is 11.7 Å². The summed E-state index contributed by atoms with van der Waals surface area (Å²) in [5.41, 5.74) is 2.56. The number of ketones is 1. The largest absolute Gasteiger partial charge is 0.445 e. The highest BCUT2D eigenvalue weighted by atomic mass is 16.5. The number of Topliss-reactive ketones (excluding diaryl/α,β-unsaturated/α-hetero) is 1. The van der Waals surface area contributed by atoms with Crippen molar-refractivity contribution in [1.29, 1.82) is 0 Å². The molecule has 0 radical (unpaired) electrons. The van der Waals surface area contributed by atoms with Crippen molar-refractivity contribution in [2.45, 2.75) is 13.0 Å². The van der Waals surface area contributed by atoms with Crippen LogP contribution in [0.2, 0.25) is 0 Å². The van der Waals surface area contributed by atoms with E-state index in [1.54, 1.807) is 48.7 Å². The summed E-state index contributed by atoms with van der Waals surface area (Å²) in [5.74, 6) is -1.23. The lowest BCUT2D eigenvalue weighted by Crippen LogP contribution is -2.20. The van der Waals surface area contributed by atoms with Gasteiger partial charge < -0.3 is 15.0 Å². The number of nitrogens with one attached hydrogen (secondary N) is 2. The van der Waals surface area contributed by atoms with Crippen LogP contribution in [0, 0.1) is 0 Å². The molecule has 0 saturated carbocycles. The molecule has 0 aliphatic carbocycles. The fourth-order valence-electron chi connectivity index (χ4n) is 3.42. The summed E-state index contributed by atoms with van der Waals surface area (Å²) in [6.07, 6.45) is 0.520. The fraction of sp³-hybridized carbons (Fsp3) is 0.0800. The van der Waals surface area contributed by atoms with Gasteiger partial charge in [0.1, 0.15) is 0 Å². The summed E-state index contributed by atoms with van der Waals surface area (Å²) >= 11 is 0. The molecule has 1 amide bonds. The van der Waals surface area contributed by atoms with Crippen molar-refractivity contribution in [2.75, 3.05) is 5.32 Å². The normalized spacial score (nSPS) is 11.6. The van der Waals surface area contributed by atoms with Crippen LogP contribution in [0.4, 0.5) is 5.69 Å². The van der Waals surface area contributed by atoms with Crippen LogP contribution in [0.3, 0.4) is 0 Å². The zero-order chi connectivity index (χ0) is 21.8. The summed E-state index contributed by atoms with van der Waals surface area (Å²) in [6.45, 7) is 1.39. The third kappa shape index (κ3) is 4.38. The molecule has 0 saturated heterocycles. The van der Waals surface area contributed by atoms with Crippen molar-refractivity contribution in [3.05, 3.63) is 102 Å². The zero-order valence-electron chi connectivity index (χ0n) is 16.8. The molecular weight excluding hydrogens is 392 g/mol. The van der Waals surface area contributed by atoms with Gasteiger partial charge in [-0.1, -0.05) is 54.6 Å². The molecule has 2 N–H and O–H groups in total. The highest BCUT2D eigenvalue weighted by Gasteiger charge is 2.28. The summed E-state index contributed by atoms with van der Waals surface area (Å²) in [4.78, 5) is 40.7. The van der Waals surface area contributed by atoms with Crippen molar-refractivity contribution < 1.29 is 19.1 Å². The van der Waals surface area contributed by atoms with E-state index in [-0.39, 0.29) is 17.3 Å². The maximum absolute atomic E-state index is 13.4. The van der Waals surface area contributed by atoms with E-state index in [0.717, 1.165) is 10.9 Å².